The Morgan fingerprint density at radius 1 is 0.883 bits per heavy atom. The summed E-state index contributed by atoms with van der Waals surface area (Å²) in [4.78, 5) is 77.1. The molecule has 3 saturated carbocycles. The summed E-state index contributed by atoms with van der Waals surface area (Å²) in [5, 5.41) is 3.18. The number of rotatable bonds is 15. The van der Waals surface area contributed by atoms with Gasteiger partial charge in [0.2, 0.25) is 17.7 Å². The van der Waals surface area contributed by atoms with Gasteiger partial charge in [0.15, 0.2) is 11.6 Å². The highest BCUT2D eigenvalue weighted by atomic mass is 32.2. The van der Waals surface area contributed by atoms with Crippen molar-refractivity contribution in [1.82, 2.24) is 24.1 Å². The number of carbonyl (C=O) groups excluding carboxylic acids is 5. The summed E-state index contributed by atoms with van der Waals surface area (Å²) in [6, 6.07) is -1.77. The lowest BCUT2D eigenvalue weighted by Gasteiger charge is -2.40. The zero-order valence-corrected chi connectivity index (χ0v) is 38.3. The molecule has 0 aromatic heterocycles. The van der Waals surface area contributed by atoms with Gasteiger partial charge in [-0.25, -0.2) is 4.72 Å². The molecule has 2 spiro atoms. The highest BCUT2D eigenvalue weighted by Gasteiger charge is 2.85. The molecule has 4 aliphatic heterocycles. The molecule has 7 fully saturated rings. The third kappa shape index (κ3) is 7.73. The first-order valence-electron chi connectivity index (χ1n) is 23.1. The first-order chi connectivity index (χ1) is 28.2. The SMILES string of the molecule is C=C[C@@H]1C[C@]1(CC(=O)C1C[C@@]2(CN1C(=O)[C@@H](CC(=O)[C@@H](NC(=O)[C@@H]1CCCCN1C(C)C)C(C)(C)C)C1CCOCC1)C(C)(C)C21CCC1)C(=O)NS(=O)(=O)N1CCCC1. The molecule has 0 bridgehead atoms. The van der Waals surface area contributed by atoms with Crippen LogP contribution < -0.4 is 10.0 Å². The predicted octanol–water partition coefficient (Wildman–Crippen LogP) is 5.19. The van der Waals surface area contributed by atoms with Gasteiger partial charge in [-0.2, -0.15) is 12.7 Å². The monoisotopic (exact) mass is 856 g/mol. The number of hydrogen-bond donors (Lipinski definition) is 2. The van der Waals surface area contributed by atoms with Crippen LogP contribution in [0.15, 0.2) is 12.7 Å². The Hall–Kier alpha value is -2.68. The third-order valence-corrected chi connectivity index (χ3v) is 18.5. The van der Waals surface area contributed by atoms with E-state index in [-0.39, 0.29) is 76.4 Å². The summed E-state index contributed by atoms with van der Waals surface area (Å²) < 4.78 is 35.8. The third-order valence-electron chi connectivity index (χ3n) is 17.0. The zero-order valence-electron chi connectivity index (χ0n) is 37.5. The van der Waals surface area contributed by atoms with Crippen LogP contribution in [0.4, 0.5) is 0 Å². The molecule has 1 unspecified atom stereocenters. The van der Waals surface area contributed by atoms with E-state index < -0.39 is 44.9 Å². The lowest BCUT2D eigenvalue weighted by atomic mass is 9.73. The van der Waals surface area contributed by atoms with E-state index in [1.54, 1.807) is 11.0 Å². The lowest BCUT2D eigenvalue weighted by Crippen LogP contribution is -2.58. The Labute approximate surface area is 359 Å². The zero-order chi connectivity index (χ0) is 43.6. The second-order valence-electron chi connectivity index (χ2n) is 21.6. The van der Waals surface area contributed by atoms with Gasteiger partial charge in [0.05, 0.1) is 23.5 Å². The van der Waals surface area contributed by atoms with Crippen LogP contribution in [-0.2, 0) is 38.9 Å². The fourth-order valence-electron chi connectivity index (χ4n) is 12.9. The summed E-state index contributed by atoms with van der Waals surface area (Å²) in [7, 11) is -4.07. The minimum absolute atomic E-state index is 0.0181. The summed E-state index contributed by atoms with van der Waals surface area (Å²) in [5.74, 6) is -2.73. The number of Topliss-reactive ketones (excluding diaryl/α,β-unsaturated/α-hetero) is 2. The molecule has 14 heteroatoms. The number of ether oxygens (including phenoxy) is 1. The van der Waals surface area contributed by atoms with Gasteiger partial charge >= 0.3 is 10.2 Å². The van der Waals surface area contributed by atoms with Gasteiger partial charge < -0.3 is 15.0 Å². The molecule has 0 aromatic rings. The van der Waals surface area contributed by atoms with Gasteiger partial charge in [0.25, 0.3) is 0 Å². The Kier molecular flexibility index (Phi) is 12.4. The number of ketones is 2. The van der Waals surface area contributed by atoms with Crippen molar-refractivity contribution in [3.05, 3.63) is 12.7 Å². The molecule has 4 saturated heterocycles. The highest BCUT2D eigenvalue weighted by molar-refractivity contribution is 7.87. The molecule has 0 radical (unpaired) electrons. The number of nitrogens with zero attached hydrogens (tertiary/aromatic N) is 3. The average molecular weight is 856 g/mol. The Morgan fingerprint density at radius 2 is 1.53 bits per heavy atom. The molecule has 7 rings (SSSR count). The molecule has 2 N–H and O–H groups in total. The molecule has 336 valence electrons. The van der Waals surface area contributed by atoms with Gasteiger partial charge in [-0.3, -0.25) is 28.9 Å². The molecule has 7 aliphatic rings. The van der Waals surface area contributed by atoms with E-state index in [2.05, 4.69) is 49.2 Å². The normalized spacial score (nSPS) is 32.7. The van der Waals surface area contributed by atoms with Gasteiger partial charge in [-0.1, -0.05) is 53.5 Å². The quantitative estimate of drug-likeness (QED) is 0.211. The van der Waals surface area contributed by atoms with Crippen LogP contribution in [0.25, 0.3) is 0 Å². The maximum absolute atomic E-state index is 15.5. The van der Waals surface area contributed by atoms with Crippen LogP contribution in [-0.4, -0.2) is 115 Å². The number of fused-ring (bicyclic) bond motifs is 1. The molecular weight excluding hydrogens is 783 g/mol. The van der Waals surface area contributed by atoms with E-state index >= 15 is 4.79 Å². The van der Waals surface area contributed by atoms with Crippen LogP contribution in [0.5, 0.6) is 0 Å². The van der Waals surface area contributed by atoms with Crippen LogP contribution in [0.1, 0.15) is 138 Å². The maximum Gasteiger partial charge on any atom is 0.303 e. The fourth-order valence-corrected chi connectivity index (χ4v) is 14.2. The van der Waals surface area contributed by atoms with Crippen LogP contribution >= 0.6 is 0 Å². The summed E-state index contributed by atoms with van der Waals surface area (Å²) >= 11 is 0. The molecule has 60 heavy (non-hydrogen) atoms. The lowest BCUT2D eigenvalue weighted by molar-refractivity contribution is -0.146. The van der Waals surface area contributed by atoms with Gasteiger partial charge in [0, 0.05) is 63.1 Å². The smallest absolute Gasteiger partial charge is 0.303 e. The van der Waals surface area contributed by atoms with Gasteiger partial charge in [-0.15, -0.1) is 6.58 Å². The molecule has 3 amide bonds. The summed E-state index contributed by atoms with van der Waals surface area (Å²) in [6.07, 6.45) is 10.7. The van der Waals surface area contributed by atoms with E-state index in [1.807, 2.05) is 20.8 Å². The first-order valence-corrected chi connectivity index (χ1v) is 24.5. The van der Waals surface area contributed by atoms with Crippen molar-refractivity contribution in [2.24, 2.45) is 44.8 Å². The van der Waals surface area contributed by atoms with E-state index in [4.69, 9.17) is 4.74 Å². The molecule has 13 nitrogen and oxygen atoms in total. The van der Waals surface area contributed by atoms with E-state index in [9.17, 15) is 27.6 Å². The van der Waals surface area contributed by atoms with Crippen LogP contribution in [0.3, 0.4) is 0 Å². The maximum atomic E-state index is 15.5. The topological polar surface area (TPSA) is 162 Å². The first kappa shape index (κ1) is 45.3. The Morgan fingerprint density at radius 3 is 2.08 bits per heavy atom. The number of nitrogens with one attached hydrogen (secondary N) is 2. The van der Waals surface area contributed by atoms with Crippen LogP contribution in [0.2, 0.25) is 0 Å². The number of hydrogen-bond acceptors (Lipinski definition) is 9. The second-order valence-corrected chi connectivity index (χ2v) is 23.3. The van der Waals surface area contributed by atoms with Crippen molar-refractivity contribution in [2.45, 2.75) is 163 Å². The molecule has 4 heterocycles. The van der Waals surface area contributed by atoms with Gasteiger partial charge in [0.1, 0.15) is 0 Å². The van der Waals surface area contributed by atoms with Crippen molar-refractivity contribution in [3.63, 3.8) is 0 Å². The van der Waals surface area contributed by atoms with Crippen molar-refractivity contribution in [3.8, 4) is 0 Å². The van der Waals surface area contributed by atoms with Crippen LogP contribution in [0, 0.1) is 44.8 Å². The van der Waals surface area contributed by atoms with Crippen molar-refractivity contribution in [2.75, 3.05) is 39.4 Å². The minimum Gasteiger partial charge on any atom is -0.381 e. The predicted molar refractivity (Wildman–Crippen MR) is 228 cm³/mol. The van der Waals surface area contributed by atoms with Gasteiger partial charge in [-0.05, 0) is 113 Å². The van der Waals surface area contributed by atoms with Crippen molar-refractivity contribution in [1.29, 1.82) is 0 Å². The second kappa shape index (κ2) is 16.5. The van der Waals surface area contributed by atoms with Crippen molar-refractivity contribution < 1.29 is 37.1 Å². The molecule has 0 aromatic carbocycles. The number of piperidine rings is 1. The number of carbonyl (C=O) groups is 5. The van der Waals surface area contributed by atoms with E-state index in [0.717, 1.165) is 57.9 Å². The highest BCUT2D eigenvalue weighted by Crippen LogP contribution is 2.88. The number of amides is 3. The largest absolute Gasteiger partial charge is 0.381 e. The molecule has 7 atom stereocenters. The fraction of sp³-hybridized carbons (Fsp3) is 0.848. The van der Waals surface area contributed by atoms with Crippen molar-refractivity contribution >= 4 is 39.5 Å². The summed E-state index contributed by atoms with van der Waals surface area (Å²) in [5.41, 5.74) is -2.26. The van der Waals surface area contributed by atoms with E-state index in [1.165, 1.54) is 4.31 Å². The average Bonchev–Trinajstić information content (AvgIpc) is 3.63. The molecular formula is C46H73N5O8S. The van der Waals surface area contributed by atoms with E-state index in [0.29, 0.717) is 58.5 Å². The standard InChI is InChI=1S/C46H73N5O8S/c1-9-32-26-44(32,41(56)48-60(57,58)49-20-12-13-21-49)28-37(53)35-27-46(43(7,8)45(46)18-14-19-45)29-51(35)40(55)33(31-16-23-59-24-17-31)25-36(52)38(42(4,5)6)47-39(54)34-15-10-11-22-50(34)30(2)3/h9,30-35,38H,1,10-29H2,2-8H3,(H,47,54)(H,48,56)/t32-,33+,34+,35?,38-,44-,46-/m1/s1. The Balaban J connectivity index is 1.16. The number of allylic oxidation sites excluding steroid dienone is 1. The Bertz CT molecular complexity index is 1830. The number of likely N-dealkylation sites (tertiary alicyclic amines) is 2. The molecule has 3 aliphatic carbocycles. The minimum atomic E-state index is -4.07. The summed E-state index contributed by atoms with van der Waals surface area (Å²) in [6.45, 7) is 21.3.